The van der Waals surface area contributed by atoms with Gasteiger partial charge < -0.3 is 9.72 Å². The molecule has 5 heteroatoms. The van der Waals surface area contributed by atoms with Crippen LogP contribution in [0, 0.1) is 0 Å². The molecule has 0 aliphatic rings. The van der Waals surface area contributed by atoms with E-state index >= 15 is 0 Å². The third-order valence-electron chi connectivity index (χ3n) is 1.62. The van der Waals surface area contributed by atoms with Gasteiger partial charge in [0.25, 0.3) is 0 Å². The molecule has 0 atom stereocenters. The number of hydrogen-bond acceptors (Lipinski definition) is 4. The summed E-state index contributed by atoms with van der Waals surface area (Å²) < 4.78 is 5.81. The van der Waals surface area contributed by atoms with Gasteiger partial charge in [0.15, 0.2) is 0 Å². The van der Waals surface area contributed by atoms with E-state index in [0.29, 0.717) is 12.3 Å². The Morgan fingerprint density at radius 1 is 1.77 bits per heavy atom. The topological polar surface area (TPSA) is 55.0 Å². The summed E-state index contributed by atoms with van der Waals surface area (Å²) >= 11 is 1.49. The predicted molar refractivity (Wildman–Crippen MR) is 49.9 cm³/mol. The maximum atomic E-state index is 11.2. The van der Waals surface area contributed by atoms with Crippen molar-refractivity contribution in [2.24, 2.45) is 0 Å². The van der Waals surface area contributed by atoms with Crippen LogP contribution in [-0.4, -0.2) is 22.5 Å². The molecule has 2 rings (SSSR count). The summed E-state index contributed by atoms with van der Waals surface area (Å²) in [5, 5.41) is 0. The first-order valence-corrected chi connectivity index (χ1v) is 4.78. The summed E-state index contributed by atoms with van der Waals surface area (Å²) in [6, 6.07) is 1.75. The van der Waals surface area contributed by atoms with Crippen LogP contribution in [-0.2, 0) is 4.74 Å². The van der Waals surface area contributed by atoms with Crippen molar-refractivity contribution >= 4 is 27.7 Å². The Balaban J connectivity index is 2.34. The van der Waals surface area contributed by atoms with E-state index in [-0.39, 0.29) is 5.97 Å². The van der Waals surface area contributed by atoms with Crippen LogP contribution < -0.4 is 0 Å². The normalized spacial score (nSPS) is 10.5. The highest BCUT2D eigenvalue weighted by molar-refractivity contribution is 7.16. The number of aromatic amines is 1. The number of carbonyl (C=O) groups is 1. The van der Waals surface area contributed by atoms with Crippen molar-refractivity contribution in [2.75, 3.05) is 6.61 Å². The zero-order valence-electron chi connectivity index (χ0n) is 7.03. The van der Waals surface area contributed by atoms with Gasteiger partial charge in [0.05, 0.1) is 16.8 Å². The first-order valence-electron chi connectivity index (χ1n) is 3.90. The largest absolute Gasteiger partial charge is 0.461 e. The van der Waals surface area contributed by atoms with E-state index < -0.39 is 0 Å². The molecule has 0 saturated carbocycles. The fraction of sp³-hybridized carbons (Fsp3) is 0.250. The molecule has 0 fully saturated rings. The average molecular weight is 196 g/mol. The van der Waals surface area contributed by atoms with Crippen molar-refractivity contribution in [2.45, 2.75) is 6.92 Å². The second-order valence-corrected chi connectivity index (χ2v) is 3.36. The average Bonchev–Trinajstić information content (AvgIpc) is 2.61. The molecule has 0 unspecified atom stereocenters. The molecule has 0 aromatic carbocycles. The molecule has 0 amide bonds. The molecule has 0 saturated heterocycles. The second kappa shape index (κ2) is 3.18. The standard InChI is InChI=1S/C8H8N2O2S/c1-2-12-8(11)5-3-6-7(10-5)9-4-13-6/h3-4,10H,2H2,1H3. The van der Waals surface area contributed by atoms with Gasteiger partial charge >= 0.3 is 5.97 Å². The molecule has 0 aliphatic heterocycles. The van der Waals surface area contributed by atoms with Crippen LogP contribution >= 0.6 is 11.3 Å². The minimum atomic E-state index is -0.326. The third kappa shape index (κ3) is 1.42. The zero-order chi connectivity index (χ0) is 9.26. The zero-order valence-corrected chi connectivity index (χ0v) is 7.85. The molecular formula is C8H8N2O2S. The summed E-state index contributed by atoms with van der Waals surface area (Å²) in [6.45, 7) is 2.17. The number of rotatable bonds is 2. The van der Waals surface area contributed by atoms with E-state index in [0.717, 1.165) is 10.3 Å². The second-order valence-electron chi connectivity index (χ2n) is 2.47. The molecule has 2 heterocycles. The van der Waals surface area contributed by atoms with Gasteiger partial charge in [-0.2, -0.15) is 0 Å². The molecular weight excluding hydrogens is 188 g/mol. The van der Waals surface area contributed by atoms with E-state index in [1.54, 1.807) is 18.5 Å². The Kier molecular flexibility index (Phi) is 2.02. The molecule has 0 aliphatic carbocycles. The number of carbonyl (C=O) groups excluding carboxylic acids is 1. The lowest BCUT2D eigenvalue weighted by atomic mass is 10.4. The lowest BCUT2D eigenvalue weighted by molar-refractivity contribution is 0.0520. The number of esters is 1. The molecule has 13 heavy (non-hydrogen) atoms. The van der Waals surface area contributed by atoms with Crippen molar-refractivity contribution in [1.29, 1.82) is 0 Å². The van der Waals surface area contributed by atoms with Crippen LogP contribution in [0.5, 0.6) is 0 Å². The van der Waals surface area contributed by atoms with Crippen molar-refractivity contribution in [3.63, 3.8) is 0 Å². The quantitative estimate of drug-likeness (QED) is 0.745. The Hall–Kier alpha value is -1.36. The maximum Gasteiger partial charge on any atom is 0.354 e. The molecule has 2 aromatic heterocycles. The number of fused-ring (bicyclic) bond motifs is 1. The highest BCUT2D eigenvalue weighted by atomic mass is 32.1. The van der Waals surface area contributed by atoms with Crippen molar-refractivity contribution in [1.82, 2.24) is 9.97 Å². The Morgan fingerprint density at radius 3 is 3.31 bits per heavy atom. The van der Waals surface area contributed by atoms with E-state index in [4.69, 9.17) is 4.74 Å². The fourth-order valence-electron chi connectivity index (χ4n) is 1.07. The summed E-state index contributed by atoms with van der Waals surface area (Å²) in [5.41, 5.74) is 2.94. The van der Waals surface area contributed by atoms with Crippen molar-refractivity contribution in [3.05, 3.63) is 17.3 Å². The maximum absolute atomic E-state index is 11.2. The summed E-state index contributed by atoms with van der Waals surface area (Å²) in [5.74, 6) is -0.326. The van der Waals surface area contributed by atoms with Gasteiger partial charge in [-0.3, -0.25) is 0 Å². The van der Waals surface area contributed by atoms with E-state index in [9.17, 15) is 4.79 Å². The summed E-state index contributed by atoms with van der Waals surface area (Å²) in [6.07, 6.45) is 0. The summed E-state index contributed by atoms with van der Waals surface area (Å²) in [4.78, 5) is 18.2. The van der Waals surface area contributed by atoms with Crippen LogP contribution in [0.3, 0.4) is 0 Å². The monoisotopic (exact) mass is 196 g/mol. The molecule has 4 nitrogen and oxygen atoms in total. The van der Waals surface area contributed by atoms with Gasteiger partial charge in [0.1, 0.15) is 11.3 Å². The minimum Gasteiger partial charge on any atom is -0.461 e. The third-order valence-corrected chi connectivity index (χ3v) is 2.39. The van der Waals surface area contributed by atoms with Crippen LogP contribution in [0.4, 0.5) is 0 Å². The van der Waals surface area contributed by atoms with Crippen LogP contribution in [0.15, 0.2) is 11.6 Å². The first kappa shape index (κ1) is 8.25. The van der Waals surface area contributed by atoms with Gasteiger partial charge in [-0.05, 0) is 13.0 Å². The number of thiazole rings is 1. The van der Waals surface area contributed by atoms with Crippen LogP contribution in [0.1, 0.15) is 17.4 Å². The number of nitrogens with one attached hydrogen (secondary N) is 1. The lowest BCUT2D eigenvalue weighted by Crippen LogP contribution is -2.04. The number of aromatic nitrogens is 2. The molecule has 1 N–H and O–H groups in total. The highest BCUT2D eigenvalue weighted by Gasteiger charge is 2.10. The number of hydrogen-bond donors (Lipinski definition) is 1. The van der Waals surface area contributed by atoms with E-state index in [2.05, 4.69) is 9.97 Å². The first-order chi connectivity index (χ1) is 6.31. The van der Waals surface area contributed by atoms with Gasteiger partial charge in [-0.1, -0.05) is 0 Å². The fourth-order valence-corrected chi connectivity index (χ4v) is 1.74. The van der Waals surface area contributed by atoms with Crippen LogP contribution in [0.2, 0.25) is 0 Å². The van der Waals surface area contributed by atoms with Gasteiger partial charge in [0.2, 0.25) is 0 Å². The minimum absolute atomic E-state index is 0.326. The number of ether oxygens (including phenoxy) is 1. The number of H-pyrrole nitrogens is 1. The Bertz CT molecular complexity index is 403. The highest BCUT2D eigenvalue weighted by Crippen LogP contribution is 2.18. The SMILES string of the molecule is CCOC(=O)c1cc2scnc2[nH]1. The number of nitrogens with zero attached hydrogens (tertiary/aromatic N) is 1. The van der Waals surface area contributed by atoms with Gasteiger partial charge in [-0.25, -0.2) is 9.78 Å². The summed E-state index contributed by atoms with van der Waals surface area (Å²) in [7, 11) is 0. The van der Waals surface area contributed by atoms with E-state index in [1.807, 2.05) is 0 Å². The van der Waals surface area contributed by atoms with Crippen LogP contribution in [0.25, 0.3) is 10.3 Å². The molecule has 2 aromatic rings. The lowest BCUT2D eigenvalue weighted by Gasteiger charge is -1.96. The van der Waals surface area contributed by atoms with Gasteiger partial charge in [-0.15, -0.1) is 11.3 Å². The predicted octanol–water partition coefficient (Wildman–Crippen LogP) is 1.80. The van der Waals surface area contributed by atoms with E-state index in [1.165, 1.54) is 11.3 Å². The Labute approximate surface area is 78.6 Å². The molecule has 0 radical (unpaired) electrons. The van der Waals surface area contributed by atoms with Crippen molar-refractivity contribution < 1.29 is 9.53 Å². The van der Waals surface area contributed by atoms with Crippen molar-refractivity contribution in [3.8, 4) is 0 Å². The smallest absolute Gasteiger partial charge is 0.354 e. The molecule has 68 valence electrons. The Morgan fingerprint density at radius 2 is 2.62 bits per heavy atom. The molecule has 0 spiro atoms. The van der Waals surface area contributed by atoms with Gasteiger partial charge in [0, 0.05) is 0 Å². The molecule has 0 bridgehead atoms.